The molecule has 2 heterocycles. The molecule has 0 radical (unpaired) electrons. The van der Waals surface area contributed by atoms with Gasteiger partial charge in [0.2, 0.25) is 0 Å². The topological polar surface area (TPSA) is 23.6 Å². The van der Waals surface area contributed by atoms with Gasteiger partial charge in [-0.15, -0.1) is 0 Å². The summed E-state index contributed by atoms with van der Waals surface area (Å²) < 4.78 is 0. The lowest BCUT2D eigenvalue weighted by atomic mass is 10.1. The van der Waals surface area contributed by atoms with Gasteiger partial charge in [0.15, 0.2) is 0 Å². The fourth-order valence-corrected chi connectivity index (χ4v) is 3.42. The van der Waals surface area contributed by atoms with E-state index in [-0.39, 0.29) is 5.91 Å². The highest BCUT2D eigenvalue weighted by atomic mass is 16.2. The first kappa shape index (κ1) is 12.7. The standard InChI is InChI=1S/C16H22N2O/c1-12(2)17-10-14-8-9-15(11-17)18(14)16(19)13-6-4-3-5-7-13/h3-7,12,14-15H,8-11H2,1-2H3. The quantitative estimate of drug-likeness (QED) is 0.813. The lowest BCUT2D eigenvalue weighted by molar-refractivity contribution is 0.0349. The third kappa shape index (κ3) is 2.27. The number of rotatable bonds is 2. The Morgan fingerprint density at radius 1 is 1.11 bits per heavy atom. The van der Waals surface area contributed by atoms with E-state index in [2.05, 4.69) is 23.6 Å². The summed E-state index contributed by atoms with van der Waals surface area (Å²) in [4.78, 5) is 17.3. The van der Waals surface area contributed by atoms with Crippen molar-refractivity contribution in [2.75, 3.05) is 13.1 Å². The van der Waals surface area contributed by atoms with E-state index in [4.69, 9.17) is 0 Å². The molecule has 1 aromatic rings. The van der Waals surface area contributed by atoms with Crippen molar-refractivity contribution in [3.05, 3.63) is 35.9 Å². The molecule has 0 N–H and O–H groups in total. The van der Waals surface area contributed by atoms with Crippen molar-refractivity contribution in [3.63, 3.8) is 0 Å². The van der Waals surface area contributed by atoms with Crippen molar-refractivity contribution in [3.8, 4) is 0 Å². The van der Waals surface area contributed by atoms with Crippen molar-refractivity contribution in [2.45, 2.75) is 44.8 Å². The van der Waals surface area contributed by atoms with Crippen molar-refractivity contribution < 1.29 is 4.79 Å². The Kier molecular flexibility index (Phi) is 3.31. The number of nitrogens with zero attached hydrogens (tertiary/aromatic N) is 2. The van der Waals surface area contributed by atoms with Crippen LogP contribution in [0, 0.1) is 0 Å². The van der Waals surface area contributed by atoms with Crippen LogP contribution < -0.4 is 0 Å². The molecular formula is C16H22N2O. The fraction of sp³-hybridized carbons (Fsp3) is 0.562. The first-order valence-corrected chi connectivity index (χ1v) is 7.28. The smallest absolute Gasteiger partial charge is 0.254 e. The maximum atomic E-state index is 12.6. The fourth-order valence-electron chi connectivity index (χ4n) is 3.42. The van der Waals surface area contributed by atoms with Crippen LogP contribution in [0.4, 0.5) is 0 Å². The van der Waals surface area contributed by atoms with Gasteiger partial charge in [-0.3, -0.25) is 9.69 Å². The largest absolute Gasteiger partial charge is 0.330 e. The summed E-state index contributed by atoms with van der Waals surface area (Å²) in [6.45, 7) is 6.56. The molecule has 2 saturated heterocycles. The third-order valence-corrected chi connectivity index (χ3v) is 4.50. The van der Waals surface area contributed by atoms with E-state index in [1.54, 1.807) is 0 Å². The van der Waals surface area contributed by atoms with E-state index in [1.807, 2.05) is 30.3 Å². The molecule has 3 heteroatoms. The summed E-state index contributed by atoms with van der Waals surface area (Å²) in [6.07, 6.45) is 2.32. The van der Waals surface area contributed by atoms with Gasteiger partial charge >= 0.3 is 0 Å². The summed E-state index contributed by atoms with van der Waals surface area (Å²) in [5.41, 5.74) is 0.831. The molecular weight excluding hydrogens is 236 g/mol. The molecule has 2 fully saturated rings. The summed E-state index contributed by atoms with van der Waals surface area (Å²) >= 11 is 0. The predicted molar refractivity (Wildman–Crippen MR) is 76.1 cm³/mol. The Labute approximate surface area is 115 Å². The number of carbonyl (C=O) groups excluding carboxylic acids is 1. The van der Waals surface area contributed by atoms with E-state index < -0.39 is 0 Å². The number of fused-ring (bicyclic) bond motifs is 2. The molecule has 2 aliphatic heterocycles. The summed E-state index contributed by atoms with van der Waals surface area (Å²) in [5, 5.41) is 0. The number of carbonyl (C=O) groups is 1. The molecule has 0 aromatic heterocycles. The molecule has 2 unspecified atom stereocenters. The number of hydrogen-bond acceptors (Lipinski definition) is 2. The molecule has 0 aliphatic carbocycles. The average Bonchev–Trinajstić information content (AvgIpc) is 2.68. The van der Waals surface area contributed by atoms with E-state index in [1.165, 1.54) is 0 Å². The van der Waals surface area contributed by atoms with Gasteiger partial charge in [-0.25, -0.2) is 0 Å². The van der Waals surface area contributed by atoms with Crippen LogP contribution in [0.3, 0.4) is 0 Å². The zero-order chi connectivity index (χ0) is 13.4. The molecule has 2 atom stereocenters. The molecule has 0 spiro atoms. The van der Waals surface area contributed by atoms with E-state index in [9.17, 15) is 4.79 Å². The minimum absolute atomic E-state index is 0.219. The first-order valence-electron chi connectivity index (χ1n) is 7.28. The number of benzene rings is 1. The maximum Gasteiger partial charge on any atom is 0.254 e. The Morgan fingerprint density at radius 2 is 1.68 bits per heavy atom. The second-order valence-corrected chi connectivity index (χ2v) is 6.01. The van der Waals surface area contributed by atoms with E-state index >= 15 is 0 Å². The van der Waals surface area contributed by atoms with Crippen LogP contribution in [0.25, 0.3) is 0 Å². The highest BCUT2D eigenvalue weighted by molar-refractivity contribution is 5.94. The Morgan fingerprint density at radius 3 is 2.21 bits per heavy atom. The van der Waals surface area contributed by atoms with Crippen molar-refractivity contribution in [1.29, 1.82) is 0 Å². The van der Waals surface area contributed by atoms with Crippen molar-refractivity contribution >= 4 is 5.91 Å². The molecule has 3 rings (SSSR count). The van der Waals surface area contributed by atoms with Crippen LogP contribution >= 0.6 is 0 Å². The second-order valence-electron chi connectivity index (χ2n) is 6.01. The van der Waals surface area contributed by atoms with Crippen LogP contribution in [0.2, 0.25) is 0 Å². The SMILES string of the molecule is CC(C)N1CC2CCC(C1)N2C(=O)c1ccccc1. The van der Waals surface area contributed by atoms with Gasteiger partial charge in [-0.05, 0) is 38.8 Å². The number of amides is 1. The van der Waals surface area contributed by atoms with Crippen LogP contribution in [-0.2, 0) is 0 Å². The van der Waals surface area contributed by atoms with Gasteiger partial charge in [-0.1, -0.05) is 18.2 Å². The monoisotopic (exact) mass is 258 g/mol. The van der Waals surface area contributed by atoms with Crippen LogP contribution in [0.15, 0.2) is 30.3 Å². The van der Waals surface area contributed by atoms with Crippen LogP contribution in [0.1, 0.15) is 37.0 Å². The highest BCUT2D eigenvalue weighted by Crippen LogP contribution is 2.32. The van der Waals surface area contributed by atoms with E-state index in [0.29, 0.717) is 18.1 Å². The van der Waals surface area contributed by atoms with Gasteiger partial charge in [0.25, 0.3) is 5.91 Å². The molecule has 1 aromatic carbocycles. The van der Waals surface area contributed by atoms with Crippen LogP contribution in [0.5, 0.6) is 0 Å². The van der Waals surface area contributed by atoms with Gasteiger partial charge in [0.1, 0.15) is 0 Å². The second kappa shape index (κ2) is 4.97. The molecule has 102 valence electrons. The van der Waals surface area contributed by atoms with Crippen molar-refractivity contribution in [2.24, 2.45) is 0 Å². The summed E-state index contributed by atoms with van der Waals surface area (Å²) in [5.74, 6) is 0.219. The van der Waals surface area contributed by atoms with E-state index in [0.717, 1.165) is 31.5 Å². The van der Waals surface area contributed by atoms with Crippen LogP contribution in [-0.4, -0.2) is 46.9 Å². The molecule has 2 bridgehead atoms. The molecule has 2 aliphatic rings. The zero-order valence-corrected chi connectivity index (χ0v) is 11.7. The number of likely N-dealkylation sites (tertiary alicyclic amines) is 1. The average molecular weight is 258 g/mol. The number of hydrogen-bond donors (Lipinski definition) is 0. The highest BCUT2D eigenvalue weighted by Gasteiger charge is 2.43. The van der Waals surface area contributed by atoms with Crippen molar-refractivity contribution in [1.82, 2.24) is 9.80 Å². The predicted octanol–water partition coefficient (Wildman–Crippen LogP) is 2.38. The van der Waals surface area contributed by atoms with Gasteiger partial charge in [0.05, 0.1) is 0 Å². The number of piperazine rings is 1. The van der Waals surface area contributed by atoms with Gasteiger partial charge in [0, 0.05) is 36.8 Å². The Hall–Kier alpha value is -1.35. The Balaban J connectivity index is 1.79. The van der Waals surface area contributed by atoms with Gasteiger partial charge in [-0.2, -0.15) is 0 Å². The first-order chi connectivity index (χ1) is 9.16. The molecule has 1 amide bonds. The van der Waals surface area contributed by atoms with Gasteiger partial charge < -0.3 is 4.90 Å². The summed E-state index contributed by atoms with van der Waals surface area (Å²) in [7, 11) is 0. The third-order valence-electron chi connectivity index (χ3n) is 4.50. The minimum atomic E-state index is 0.219. The normalized spacial score (nSPS) is 27.0. The maximum absolute atomic E-state index is 12.6. The Bertz CT molecular complexity index is 443. The summed E-state index contributed by atoms with van der Waals surface area (Å²) in [6, 6.07) is 11.1. The minimum Gasteiger partial charge on any atom is -0.330 e. The lowest BCUT2D eigenvalue weighted by Gasteiger charge is -2.42. The molecule has 3 nitrogen and oxygen atoms in total. The molecule has 0 saturated carbocycles. The molecule has 19 heavy (non-hydrogen) atoms. The lowest BCUT2D eigenvalue weighted by Crippen LogP contribution is -2.57. The zero-order valence-electron chi connectivity index (χ0n) is 11.7.